The van der Waals surface area contributed by atoms with Crippen LogP contribution in [-0.4, -0.2) is 130 Å². The van der Waals surface area contributed by atoms with Gasteiger partial charge in [-0.1, -0.05) is 25.8 Å². The SMILES string of the molecule is C#Cc1c(F)ccc2cc(O)cc(-c3c(F)c4nc(OCC5(CN6CC(N(CC)CC)C6)CC5)nc(N5[C@@H]6CC[C@H]5CN(CCCOC)C6)c4c4cn(C)nc34)c12. The van der Waals surface area contributed by atoms with E-state index in [2.05, 4.69) is 39.4 Å². The third kappa shape index (κ3) is 6.74. The Hall–Kier alpha value is -4.61. The molecule has 4 fully saturated rings. The molecule has 0 radical (unpaired) electrons. The van der Waals surface area contributed by atoms with Crippen molar-refractivity contribution < 1.29 is 23.4 Å². The molecule has 4 aliphatic rings. The maximum atomic E-state index is 17.9. The number of benzene rings is 3. The van der Waals surface area contributed by atoms with Crippen molar-refractivity contribution in [1.82, 2.24) is 34.4 Å². The summed E-state index contributed by atoms with van der Waals surface area (Å²) < 4.78 is 46.7. The minimum atomic E-state index is -0.654. The fourth-order valence-corrected chi connectivity index (χ4v) is 9.99. The second-order valence-electron chi connectivity index (χ2n) is 16.7. The lowest BCUT2D eigenvalue weighted by Gasteiger charge is -2.46. The second kappa shape index (κ2) is 15.0. The van der Waals surface area contributed by atoms with Crippen LogP contribution < -0.4 is 9.64 Å². The fourth-order valence-electron chi connectivity index (χ4n) is 9.99. The lowest BCUT2D eigenvalue weighted by atomic mass is 9.91. The van der Waals surface area contributed by atoms with Crippen LogP contribution in [0.1, 0.15) is 51.5 Å². The first kappa shape index (κ1) is 37.9. The van der Waals surface area contributed by atoms with Crippen LogP contribution in [-0.2, 0) is 11.8 Å². The molecule has 0 amide bonds. The monoisotopic (exact) mass is 778 g/mol. The molecule has 5 heterocycles. The maximum Gasteiger partial charge on any atom is 0.319 e. The molecule has 9 rings (SSSR count). The Morgan fingerprint density at radius 3 is 2.44 bits per heavy atom. The molecule has 0 spiro atoms. The highest BCUT2D eigenvalue weighted by Crippen LogP contribution is 2.49. The number of halogens is 2. The lowest BCUT2D eigenvalue weighted by Crippen LogP contribution is -2.60. The average molecular weight is 779 g/mol. The van der Waals surface area contributed by atoms with Crippen LogP contribution in [0.5, 0.6) is 11.8 Å². The van der Waals surface area contributed by atoms with Crippen molar-refractivity contribution in [2.75, 3.05) is 77.6 Å². The highest BCUT2D eigenvalue weighted by Gasteiger charge is 2.48. The van der Waals surface area contributed by atoms with E-state index >= 15 is 8.78 Å². The van der Waals surface area contributed by atoms with Gasteiger partial charge in [0.25, 0.3) is 0 Å². The lowest BCUT2D eigenvalue weighted by molar-refractivity contribution is 0.0186. The largest absolute Gasteiger partial charge is 0.508 e. The number of anilines is 1. The number of likely N-dealkylation sites (tertiary alicyclic amines) is 2. The van der Waals surface area contributed by atoms with Crippen molar-refractivity contribution in [2.24, 2.45) is 12.5 Å². The van der Waals surface area contributed by atoms with Crippen LogP contribution in [0.25, 0.3) is 43.7 Å². The zero-order valence-corrected chi connectivity index (χ0v) is 33.4. The van der Waals surface area contributed by atoms with E-state index in [1.807, 2.05) is 6.20 Å². The number of phenolic OH excluding ortho intramolecular Hbond substituents is 1. The third-order valence-electron chi connectivity index (χ3n) is 13.0. The van der Waals surface area contributed by atoms with Crippen molar-refractivity contribution in [1.29, 1.82) is 0 Å². The Morgan fingerprint density at radius 1 is 1.00 bits per heavy atom. The number of aromatic nitrogens is 4. The number of phenols is 1. The Kier molecular flexibility index (Phi) is 9.96. The molecule has 3 aromatic carbocycles. The summed E-state index contributed by atoms with van der Waals surface area (Å²) in [4.78, 5) is 20.0. The van der Waals surface area contributed by atoms with Gasteiger partial charge in [-0.15, -0.1) is 6.42 Å². The molecule has 0 unspecified atom stereocenters. The smallest absolute Gasteiger partial charge is 0.319 e. The number of hydrogen-bond acceptors (Lipinski definition) is 10. The molecule has 2 atom stereocenters. The van der Waals surface area contributed by atoms with E-state index < -0.39 is 11.6 Å². The average Bonchev–Trinajstić information content (AvgIpc) is 3.77. The van der Waals surface area contributed by atoms with Gasteiger partial charge in [0.15, 0.2) is 5.82 Å². The molecule has 11 nitrogen and oxygen atoms in total. The van der Waals surface area contributed by atoms with E-state index in [0.717, 1.165) is 84.5 Å². The first-order chi connectivity index (χ1) is 27.6. The number of nitrogens with zero attached hydrogens (tertiary/aromatic N) is 8. The number of rotatable bonds is 14. The van der Waals surface area contributed by atoms with E-state index in [1.54, 1.807) is 18.8 Å². The van der Waals surface area contributed by atoms with Crippen molar-refractivity contribution >= 4 is 38.4 Å². The van der Waals surface area contributed by atoms with Crippen LogP contribution in [0.15, 0.2) is 30.5 Å². The first-order valence-electron chi connectivity index (χ1n) is 20.5. The van der Waals surface area contributed by atoms with Gasteiger partial charge in [-0.05, 0) is 74.3 Å². The number of aryl methyl sites for hydroxylation is 1. The molecule has 57 heavy (non-hydrogen) atoms. The van der Waals surface area contributed by atoms with Gasteiger partial charge < -0.3 is 19.5 Å². The normalized spacial score (nSPS) is 20.9. The summed E-state index contributed by atoms with van der Waals surface area (Å²) in [6.07, 6.45) is 12.8. The Morgan fingerprint density at radius 2 is 1.75 bits per heavy atom. The molecule has 3 saturated heterocycles. The second-order valence-corrected chi connectivity index (χ2v) is 16.7. The number of terminal acetylenes is 1. The van der Waals surface area contributed by atoms with Crippen LogP contribution in [0, 0.1) is 29.4 Å². The molecule has 300 valence electrons. The van der Waals surface area contributed by atoms with Crippen LogP contribution in [0.2, 0.25) is 0 Å². The van der Waals surface area contributed by atoms with Crippen LogP contribution in [0.4, 0.5) is 14.6 Å². The summed E-state index contributed by atoms with van der Waals surface area (Å²) in [6, 6.07) is 6.81. The number of hydrogen-bond donors (Lipinski definition) is 1. The number of aromatic hydroxyl groups is 1. The van der Waals surface area contributed by atoms with E-state index in [4.69, 9.17) is 31.0 Å². The van der Waals surface area contributed by atoms with E-state index in [1.165, 1.54) is 24.3 Å². The summed E-state index contributed by atoms with van der Waals surface area (Å²) in [7, 11) is 3.53. The molecule has 1 N–H and O–H groups in total. The zero-order valence-electron chi connectivity index (χ0n) is 33.4. The van der Waals surface area contributed by atoms with Gasteiger partial charge in [-0.3, -0.25) is 19.4 Å². The van der Waals surface area contributed by atoms with Gasteiger partial charge in [-0.25, -0.2) is 8.78 Å². The van der Waals surface area contributed by atoms with Crippen molar-refractivity contribution in [3.63, 3.8) is 0 Å². The van der Waals surface area contributed by atoms with Gasteiger partial charge in [0.05, 0.1) is 17.6 Å². The molecule has 2 aromatic heterocycles. The quantitative estimate of drug-likeness (QED) is 0.104. The summed E-state index contributed by atoms with van der Waals surface area (Å²) >= 11 is 0. The van der Waals surface area contributed by atoms with Crippen molar-refractivity contribution in [2.45, 2.75) is 64.1 Å². The van der Waals surface area contributed by atoms with Gasteiger partial charge in [0, 0.05) is 106 Å². The predicted octanol–water partition coefficient (Wildman–Crippen LogP) is 6.18. The Balaban J connectivity index is 1.16. The third-order valence-corrected chi connectivity index (χ3v) is 13.0. The highest BCUT2D eigenvalue weighted by molar-refractivity contribution is 6.18. The minimum Gasteiger partial charge on any atom is -0.508 e. The zero-order chi connectivity index (χ0) is 39.6. The molecular formula is C44H52F2N8O3. The molecule has 1 saturated carbocycles. The van der Waals surface area contributed by atoms with Gasteiger partial charge in [0.2, 0.25) is 0 Å². The topological polar surface area (TPSA) is 95.3 Å². The summed E-state index contributed by atoms with van der Waals surface area (Å²) in [6.45, 7) is 13.5. The molecule has 1 aliphatic carbocycles. The molecule has 2 bridgehead atoms. The minimum absolute atomic E-state index is 0.00670. The predicted molar refractivity (Wildman–Crippen MR) is 219 cm³/mol. The summed E-state index contributed by atoms with van der Waals surface area (Å²) in [5.74, 6) is 1.75. The molecule has 5 aromatic rings. The van der Waals surface area contributed by atoms with E-state index in [-0.39, 0.29) is 51.5 Å². The van der Waals surface area contributed by atoms with Gasteiger partial charge in [0.1, 0.15) is 28.4 Å². The van der Waals surface area contributed by atoms with Gasteiger partial charge >= 0.3 is 6.01 Å². The summed E-state index contributed by atoms with van der Waals surface area (Å²) in [5.41, 5.74) is 0.757. The van der Waals surface area contributed by atoms with Crippen molar-refractivity contribution in [3.05, 3.63) is 47.7 Å². The fraction of sp³-hybridized carbons (Fsp3) is 0.523. The molecule has 13 heteroatoms. The standard InChI is InChI=1S/C44H52F2N8O3/c1-6-32-35(45)13-10-27-18-31(55)19-33(36(27)32)37-39(46)41-38(34-24-50(4)49-40(34)37)42(54-28-11-12-29(54)21-51(20-28)16-9-17-56-5)48-43(47-41)57-26-44(14-15-44)25-52-22-30(23-52)53(7-2)8-3/h1,10,13,18-19,24,28-30,55H,7-9,11-12,14-17,20-23,25-26H2,2-5H3/t28-,29+. The number of likely N-dealkylation sites (N-methyl/N-ethyl adjacent to an activating group) is 1. The summed E-state index contributed by atoms with van der Waals surface area (Å²) in [5, 5.41) is 17.8. The van der Waals surface area contributed by atoms with Crippen LogP contribution >= 0.6 is 0 Å². The van der Waals surface area contributed by atoms with Crippen LogP contribution in [0.3, 0.4) is 0 Å². The number of piperazine rings is 1. The number of methoxy groups -OCH3 is 1. The van der Waals surface area contributed by atoms with E-state index in [0.29, 0.717) is 52.1 Å². The molecule has 3 aliphatic heterocycles. The maximum absolute atomic E-state index is 17.9. The van der Waals surface area contributed by atoms with E-state index in [9.17, 15) is 5.11 Å². The first-order valence-corrected chi connectivity index (χ1v) is 20.5. The van der Waals surface area contributed by atoms with Gasteiger partial charge in [-0.2, -0.15) is 15.1 Å². The number of ether oxygens (including phenoxy) is 2. The Labute approximate surface area is 332 Å². The number of fused-ring (bicyclic) bond motifs is 6. The highest BCUT2D eigenvalue weighted by atomic mass is 19.1. The van der Waals surface area contributed by atoms with Crippen molar-refractivity contribution in [3.8, 4) is 35.2 Å². The molecular weight excluding hydrogens is 727 g/mol. The Bertz CT molecular complexity index is 2370.